The van der Waals surface area contributed by atoms with Crippen LogP contribution in [0.1, 0.15) is 35.7 Å². The zero-order chi connectivity index (χ0) is 20.5. The van der Waals surface area contributed by atoms with Crippen LogP contribution in [0.3, 0.4) is 0 Å². The summed E-state index contributed by atoms with van der Waals surface area (Å²) in [4.78, 5) is 35.6. The third-order valence-corrected chi connectivity index (χ3v) is 3.97. The highest BCUT2D eigenvalue weighted by Crippen LogP contribution is 2.17. The van der Waals surface area contributed by atoms with Gasteiger partial charge in [0.25, 0.3) is 11.8 Å². The number of esters is 1. The third kappa shape index (κ3) is 6.42. The summed E-state index contributed by atoms with van der Waals surface area (Å²) in [5.74, 6) is -0.548. The van der Waals surface area contributed by atoms with Crippen molar-refractivity contribution in [1.82, 2.24) is 5.32 Å². The molecule has 28 heavy (non-hydrogen) atoms. The number of carbonyl (C=O) groups is 3. The van der Waals surface area contributed by atoms with Crippen molar-refractivity contribution in [3.05, 3.63) is 59.7 Å². The molecule has 148 valence electrons. The minimum absolute atomic E-state index is 0.332. The van der Waals surface area contributed by atoms with Gasteiger partial charge in [0.05, 0.1) is 7.11 Å². The summed E-state index contributed by atoms with van der Waals surface area (Å²) >= 11 is 0. The van der Waals surface area contributed by atoms with Crippen LogP contribution in [0.5, 0.6) is 5.75 Å². The lowest BCUT2D eigenvalue weighted by Gasteiger charge is -2.09. The van der Waals surface area contributed by atoms with Gasteiger partial charge in [-0.25, -0.2) is 0 Å². The lowest BCUT2D eigenvalue weighted by molar-refractivity contribution is -0.146. The molecule has 0 aliphatic rings. The van der Waals surface area contributed by atoms with E-state index in [0.29, 0.717) is 22.9 Å². The largest absolute Gasteiger partial charge is 0.497 e. The van der Waals surface area contributed by atoms with Gasteiger partial charge in [0, 0.05) is 11.3 Å². The van der Waals surface area contributed by atoms with Crippen LogP contribution >= 0.6 is 0 Å². The van der Waals surface area contributed by atoms with E-state index in [-0.39, 0.29) is 6.54 Å². The second kappa shape index (κ2) is 10.1. The van der Waals surface area contributed by atoms with Crippen molar-refractivity contribution < 1.29 is 23.9 Å². The number of hydrogen-bond donors (Lipinski definition) is 2. The summed E-state index contributed by atoms with van der Waals surface area (Å²) in [6.07, 6.45) is 0. The maximum atomic E-state index is 12.0. The van der Waals surface area contributed by atoms with E-state index in [1.54, 1.807) is 36.4 Å². The normalized spacial score (nSPS) is 10.3. The van der Waals surface area contributed by atoms with E-state index >= 15 is 0 Å². The molecule has 2 aromatic rings. The highest BCUT2D eigenvalue weighted by atomic mass is 16.5. The molecule has 2 rings (SSSR count). The molecule has 0 aliphatic carbocycles. The van der Waals surface area contributed by atoms with E-state index in [1.807, 2.05) is 12.1 Å². The Bertz CT molecular complexity index is 814. The molecule has 0 bridgehead atoms. The first-order valence-electron chi connectivity index (χ1n) is 8.86. The number of ether oxygens (including phenoxy) is 2. The van der Waals surface area contributed by atoms with Crippen LogP contribution in [-0.4, -0.2) is 38.0 Å². The van der Waals surface area contributed by atoms with Gasteiger partial charge < -0.3 is 20.1 Å². The number of anilines is 1. The van der Waals surface area contributed by atoms with Crippen LogP contribution in [-0.2, 0) is 14.3 Å². The summed E-state index contributed by atoms with van der Waals surface area (Å²) < 4.78 is 9.89. The molecule has 0 spiro atoms. The summed E-state index contributed by atoms with van der Waals surface area (Å²) in [6, 6.07) is 13.9. The Kier molecular flexibility index (Phi) is 7.56. The third-order valence-electron chi connectivity index (χ3n) is 3.97. The van der Waals surface area contributed by atoms with Gasteiger partial charge in [0.1, 0.15) is 12.3 Å². The Morgan fingerprint density at radius 3 is 2.18 bits per heavy atom. The first kappa shape index (κ1) is 21.0. The van der Waals surface area contributed by atoms with Gasteiger partial charge >= 0.3 is 5.97 Å². The van der Waals surface area contributed by atoms with Gasteiger partial charge in [-0.2, -0.15) is 0 Å². The molecule has 7 nitrogen and oxygen atoms in total. The van der Waals surface area contributed by atoms with Crippen molar-refractivity contribution in [2.45, 2.75) is 19.8 Å². The first-order valence-corrected chi connectivity index (χ1v) is 8.86. The number of rotatable bonds is 8. The molecule has 0 aromatic heterocycles. The van der Waals surface area contributed by atoms with Crippen LogP contribution < -0.4 is 15.4 Å². The van der Waals surface area contributed by atoms with Crippen LogP contribution in [0, 0.1) is 0 Å². The number of nitrogens with one attached hydrogen (secondary N) is 2. The second-order valence-electron chi connectivity index (χ2n) is 6.40. The minimum atomic E-state index is -0.702. The lowest BCUT2D eigenvalue weighted by Crippen LogP contribution is -2.32. The van der Waals surface area contributed by atoms with E-state index in [0.717, 1.165) is 5.56 Å². The van der Waals surface area contributed by atoms with Crippen molar-refractivity contribution in [2.24, 2.45) is 0 Å². The molecular weight excluding hydrogens is 360 g/mol. The Hall–Kier alpha value is -3.35. The van der Waals surface area contributed by atoms with Crippen molar-refractivity contribution in [3.8, 4) is 5.75 Å². The highest BCUT2D eigenvalue weighted by molar-refractivity contribution is 5.96. The number of methoxy groups -OCH3 is 1. The quantitative estimate of drug-likeness (QED) is 0.683. The van der Waals surface area contributed by atoms with Gasteiger partial charge in [0.2, 0.25) is 0 Å². The Morgan fingerprint density at radius 2 is 1.61 bits per heavy atom. The molecule has 0 saturated carbocycles. The SMILES string of the molecule is COc1ccc(C(=O)NCC(=O)OCC(=O)Nc2ccc(C(C)C)cc2)cc1. The Balaban J connectivity index is 1.72. The molecular formula is C21H24N2O5. The molecule has 0 atom stereocenters. The molecule has 0 radical (unpaired) electrons. The molecule has 7 heteroatoms. The molecule has 0 fully saturated rings. The van der Waals surface area contributed by atoms with Gasteiger partial charge in [-0.1, -0.05) is 26.0 Å². The predicted octanol–water partition coefficient (Wildman–Crippen LogP) is 2.73. The van der Waals surface area contributed by atoms with Gasteiger partial charge in [-0.15, -0.1) is 0 Å². The monoisotopic (exact) mass is 384 g/mol. The summed E-state index contributed by atoms with van der Waals surface area (Å²) in [6.45, 7) is 3.41. The van der Waals surface area contributed by atoms with Crippen LogP contribution in [0.2, 0.25) is 0 Å². The molecule has 2 amide bonds. The summed E-state index contributed by atoms with van der Waals surface area (Å²) in [7, 11) is 1.53. The zero-order valence-electron chi connectivity index (χ0n) is 16.2. The van der Waals surface area contributed by atoms with Crippen LogP contribution in [0.25, 0.3) is 0 Å². The molecule has 0 aliphatic heterocycles. The number of benzene rings is 2. The van der Waals surface area contributed by atoms with Crippen LogP contribution in [0.4, 0.5) is 5.69 Å². The van der Waals surface area contributed by atoms with Gasteiger partial charge in [-0.05, 0) is 47.9 Å². The van der Waals surface area contributed by atoms with E-state index in [9.17, 15) is 14.4 Å². The maximum absolute atomic E-state index is 12.0. The fraction of sp³-hybridized carbons (Fsp3) is 0.286. The second-order valence-corrected chi connectivity index (χ2v) is 6.40. The summed E-state index contributed by atoms with van der Waals surface area (Å²) in [5.41, 5.74) is 2.17. The molecule has 0 heterocycles. The lowest BCUT2D eigenvalue weighted by atomic mass is 10.0. The van der Waals surface area contributed by atoms with Gasteiger partial charge in [0.15, 0.2) is 6.61 Å². The highest BCUT2D eigenvalue weighted by Gasteiger charge is 2.11. The van der Waals surface area contributed by atoms with Crippen molar-refractivity contribution in [2.75, 3.05) is 25.6 Å². The average Bonchev–Trinajstić information content (AvgIpc) is 2.71. The summed E-state index contributed by atoms with van der Waals surface area (Å²) in [5, 5.41) is 5.09. The number of carbonyl (C=O) groups excluding carboxylic acids is 3. The van der Waals surface area contributed by atoms with Crippen molar-refractivity contribution in [3.63, 3.8) is 0 Å². The van der Waals surface area contributed by atoms with E-state index in [1.165, 1.54) is 7.11 Å². The molecule has 2 N–H and O–H groups in total. The fourth-order valence-electron chi connectivity index (χ4n) is 2.34. The molecule has 2 aromatic carbocycles. The smallest absolute Gasteiger partial charge is 0.325 e. The average molecular weight is 384 g/mol. The predicted molar refractivity (Wildman–Crippen MR) is 105 cm³/mol. The maximum Gasteiger partial charge on any atom is 0.325 e. The molecule has 0 unspecified atom stereocenters. The fourth-order valence-corrected chi connectivity index (χ4v) is 2.34. The van der Waals surface area contributed by atoms with E-state index < -0.39 is 24.4 Å². The number of hydrogen-bond acceptors (Lipinski definition) is 5. The first-order chi connectivity index (χ1) is 13.4. The van der Waals surface area contributed by atoms with Crippen LogP contribution in [0.15, 0.2) is 48.5 Å². The number of amides is 2. The van der Waals surface area contributed by atoms with Crippen molar-refractivity contribution in [1.29, 1.82) is 0 Å². The van der Waals surface area contributed by atoms with Crippen molar-refractivity contribution >= 4 is 23.5 Å². The Labute approximate surface area is 164 Å². The Morgan fingerprint density at radius 1 is 0.964 bits per heavy atom. The van der Waals surface area contributed by atoms with E-state index in [4.69, 9.17) is 9.47 Å². The standard InChI is InChI=1S/C21H24N2O5/c1-14(2)15-4-8-17(9-5-15)23-19(24)13-28-20(25)12-22-21(26)16-6-10-18(27-3)11-7-16/h4-11,14H,12-13H2,1-3H3,(H,22,26)(H,23,24). The minimum Gasteiger partial charge on any atom is -0.497 e. The van der Waals surface area contributed by atoms with Gasteiger partial charge in [-0.3, -0.25) is 14.4 Å². The van der Waals surface area contributed by atoms with E-state index in [2.05, 4.69) is 24.5 Å². The molecule has 0 saturated heterocycles. The zero-order valence-corrected chi connectivity index (χ0v) is 16.2. The topological polar surface area (TPSA) is 93.7 Å².